The summed E-state index contributed by atoms with van der Waals surface area (Å²) in [7, 11) is 1.18. The van der Waals surface area contributed by atoms with E-state index in [1.54, 1.807) is 72.0 Å². The Morgan fingerprint density at radius 2 is 1.57 bits per heavy atom. The van der Waals surface area contributed by atoms with Gasteiger partial charge in [-0.3, -0.25) is 19.3 Å². The highest BCUT2D eigenvalue weighted by atomic mass is 16.6. The van der Waals surface area contributed by atoms with E-state index in [1.165, 1.54) is 13.2 Å². The summed E-state index contributed by atoms with van der Waals surface area (Å²) in [4.78, 5) is 76.2. The van der Waals surface area contributed by atoms with Crippen LogP contribution in [0.1, 0.15) is 59.9 Å². The lowest BCUT2D eigenvalue weighted by Crippen LogP contribution is -2.56. The number of hydrogen-bond donors (Lipinski definition) is 3. The minimum Gasteiger partial charge on any atom is -0.491 e. The van der Waals surface area contributed by atoms with E-state index in [0.717, 1.165) is 10.4 Å². The minimum atomic E-state index is -2.31. The number of para-hydroxylation sites is 2. The molecule has 4 heterocycles. The maximum atomic E-state index is 16.3. The van der Waals surface area contributed by atoms with Crippen molar-refractivity contribution in [2.75, 3.05) is 25.2 Å². The second-order valence-corrected chi connectivity index (χ2v) is 16.8. The fraction of sp³-hybridized carbons (Fsp3) is 0.275. The molecule has 7 atom stereocenters. The van der Waals surface area contributed by atoms with Gasteiger partial charge >= 0.3 is 23.9 Å². The van der Waals surface area contributed by atoms with Crippen molar-refractivity contribution >= 4 is 46.6 Å². The molecule has 0 aliphatic carbocycles. The van der Waals surface area contributed by atoms with E-state index >= 15 is 9.59 Å². The molecule has 2 fully saturated rings. The molecular formula is C51H46N6O10. The monoisotopic (exact) mass is 902 g/mol. The van der Waals surface area contributed by atoms with E-state index in [1.807, 2.05) is 72.8 Å². The van der Waals surface area contributed by atoms with Crippen molar-refractivity contribution in [2.24, 2.45) is 11.8 Å². The second kappa shape index (κ2) is 18.2. The summed E-state index contributed by atoms with van der Waals surface area (Å²) < 4.78 is 19.2. The Morgan fingerprint density at radius 1 is 0.881 bits per heavy atom. The summed E-state index contributed by atoms with van der Waals surface area (Å²) in [6.07, 6.45) is -1.02. The minimum absolute atomic E-state index is 0.0109. The molecule has 2 saturated heterocycles. The Kier molecular flexibility index (Phi) is 12.0. The number of carboxylic acid groups (broad SMARTS) is 1. The molecule has 9 rings (SSSR count). The van der Waals surface area contributed by atoms with Gasteiger partial charge in [-0.25, -0.2) is 19.2 Å². The first-order chi connectivity index (χ1) is 32.5. The molecule has 5 aromatic carbocycles. The summed E-state index contributed by atoms with van der Waals surface area (Å²) >= 11 is 0. The van der Waals surface area contributed by atoms with Crippen LogP contribution in [-0.2, 0) is 40.6 Å². The number of aliphatic hydroxyl groups is 1. The van der Waals surface area contributed by atoms with Crippen molar-refractivity contribution in [3.05, 3.63) is 155 Å². The standard InChI is InChI=1S/C51H46N6O10/c1-30(2)41(47(61)65-3)52-50(64)56-37-25-24-31(15-14-26-55-38-22-12-11-21-36(38)53-54-55)29-35(37)51(49(56)63)40(46(59)60)43-48(62)67-44(33-18-8-5-9-19-33)42(32-16-6-4-7-17-32)57(43)45(51)34-20-10-13-23-39(34)66-28-27-58/h4-13,16-25,29-30,40-45,58H,26-28H2,1-3H3,(H,52,64)(H,59,60). The molecule has 1 aromatic heterocycles. The lowest BCUT2D eigenvalue weighted by molar-refractivity contribution is -0.179. The Balaban J connectivity index is 1.32. The number of methoxy groups -OCH3 is 1. The SMILES string of the molecule is COC(=O)C(NC(=O)N1C(=O)C2(c3cc(C#CCn4nnc5ccccc54)ccc31)C(C(=O)O)C1C(=O)OC(c3ccccc3)C(c3ccccc3)N1C2c1ccccc1OCCO)C(C)C. The number of benzene rings is 5. The van der Waals surface area contributed by atoms with Gasteiger partial charge in [-0.15, -0.1) is 5.10 Å². The molecule has 1 spiro atoms. The molecule has 6 aromatic rings. The van der Waals surface area contributed by atoms with Crippen molar-refractivity contribution < 1.29 is 48.4 Å². The number of cyclic esters (lactones) is 1. The van der Waals surface area contributed by atoms with Gasteiger partial charge in [0.05, 0.1) is 37.0 Å². The van der Waals surface area contributed by atoms with Crippen LogP contribution in [0.3, 0.4) is 0 Å². The normalized spacial score (nSPS) is 22.4. The lowest BCUT2D eigenvalue weighted by Gasteiger charge is -2.46. The van der Waals surface area contributed by atoms with Crippen LogP contribution in [0.25, 0.3) is 11.0 Å². The molecule has 16 heteroatoms. The van der Waals surface area contributed by atoms with Crippen LogP contribution in [-0.4, -0.2) is 92.4 Å². The zero-order chi connectivity index (χ0) is 47.0. The van der Waals surface area contributed by atoms with E-state index < -0.39 is 77.4 Å². The van der Waals surface area contributed by atoms with Gasteiger partial charge in [0.25, 0.3) is 0 Å². The maximum absolute atomic E-state index is 16.3. The third kappa shape index (κ3) is 7.51. The number of carbonyl (C=O) groups excluding carboxylic acids is 4. The first kappa shape index (κ1) is 44.3. The number of fused-ring (bicyclic) bond motifs is 4. The summed E-state index contributed by atoms with van der Waals surface area (Å²) in [5.74, 6) is -0.0794. The highest BCUT2D eigenvalue weighted by molar-refractivity contribution is 6.25. The number of carboxylic acids is 1. The van der Waals surface area contributed by atoms with E-state index in [9.17, 15) is 24.6 Å². The molecule has 16 nitrogen and oxygen atoms in total. The number of amides is 3. The van der Waals surface area contributed by atoms with Crippen molar-refractivity contribution in [1.29, 1.82) is 0 Å². The van der Waals surface area contributed by atoms with E-state index in [-0.39, 0.29) is 36.8 Å². The quantitative estimate of drug-likeness (QED) is 0.109. The van der Waals surface area contributed by atoms with Crippen LogP contribution in [0, 0.1) is 23.7 Å². The van der Waals surface area contributed by atoms with Gasteiger partial charge in [0.15, 0.2) is 0 Å². The van der Waals surface area contributed by atoms with Crippen LogP contribution < -0.4 is 15.0 Å². The number of esters is 2. The summed E-state index contributed by atoms with van der Waals surface area (Å²) in [6, 6.07) is 30.9. The van der Waals surface area contributed by atoms with Crippen molar-refractivity contribution in [3.8, 4) is 17.6 Å². The molecule has 0 radical (unpaired) electrons. The molecule has 3 N–H and O–H groups in total. The summed E-state index contributed by atoms with van der Waals surface area (Å²) in [5, 5.41) is 32.9. The fourth-order valence-corrected chi connectivity index (χ4v) is 10.0. The number of rotatable bonds is 11. The number of morpholine rings is 1. The molecule has 340 valence electrons. The number of nitrogens with one attached hydrogen (secondary N) is 1. The van der Waals surface area contributed by atoms with Gasteiger partial charge in [-0.1, -0.05) is 122 Å². The molecule has 0 saturated carbocycles. The van der Waals surface area contributed by atoms with E-state index in [4.69, 9.17) is 14.2 Å². The molecule has 3 amide bonds. The average Bonchev–Trinajstić information content (AvgIpc) is 3.98. The second-order valence-electron chi connectivity index (χ2n) is 16.8. The number of aliphatic carboxylic acids is 1. The van der Waals surface area contributed by atoms with Crippen LogP contribution >= 0.6 is 0 Å². The summed E-state index contributed by atoms with van der Waals surface area (Å²) in [5.41, 5.74) is 1.15. The maximum Gasteiger partial charge on any atom is 0.329 e. The molecule has 7 unspecified atom stereocenters. The van der Waals surface area contributed by atoms with Gasteiger partial charge < -0.3 is 29.7 Å². The highest BCUT2D eigenvalue weighted by Gasteiger charge is 2.76. The van der Waals surface area contributed by atoms with Gasteiger partial charge in [0, 0.05) is 11.1 Å². The Bertz CT molecular complexity index is 2950. The molecule has 0 bridgehead atoms. The van der Waals surface area contributed by atoms with E-state index in [2.05, 4.69) is 27.5 Å². The number of nitrogens with zero attached hydrogens (tertiary/aromatic N) is 5. The van der Waals surface area contributed by atoms with Gasteiger partial charge in [0.1, 0.15) is 53.9 Å². The molecular weight excluding hydrogens is 857 g/mol. The van der Waals surface area contributed by atoms with Crippen LogP contribution in [0.15, 0.2) is 127 Å². The predicted octanol–water partition coefficient (Wildman–Crippen LogP) is 5.51. The number of imide groups is 1. The first-order valence-corrected chi connectivity index (χ1v) is 21.8. The third-order valence-corrected chi connectivity index (χ3v) is 12.8. The number of urea groups is 1. The van der Waals surface area contributed by atoms with Crippen LogP contribution in [0.5, 0.6) is 5.75 Å². The van der Waals surface area contributed by atoms with Gasteiger partial charge in [-0.2, -0.15) is 0 Å². The third-order valence-electron chi connectivity index (χ3n) is 12.8. The number of aromatic nitrogens is 3. The number of carbonyl (C=O) groups is 5. The van der Waals surface area contributed by atoms with Crippen molar-refractivity contribution in [3.63, 3.8) is 0 Å². The smallest absolute Gasteiger partial charge is 0.329 e. The molecule has 3 aliphatic heterocycles. The fourth-order valence-electron chi connectivity index (χ4n) is 10.0. The molecule has 3 aliphatic rings. The first-order valence-electron chi connectivity index (χ1n) is 21.8. The van der Waals surface area contributed by atoms with Crippen molar-refractivity contribution in [2.45, 2.75) is 56.1 Å². The number of ether oxygens (including phenoxy) is 3. The van der Waals surface area contributed by atoms with Gasteiger partial charge in [-0.05, 0) is 59.0 Å². The van der Waals surface area contributed by atoms with Crippen molar-refractivity contribution in [1.82, 2.24) is 25.2 Å². The number of hydrogen-bond acceptors (Lipinski definition) is 12. The van der Waals surface area contributed by atoms with Crippen LogP contribution in [0.4, 0.5) is 10.5 Å². The zero-order valence-corrected chi connectivity index (χ0v) is 36.7. The molecule has 67 heavy (non-hydrogen) atoms. The lowest BCUT2D eigenvalue weighted by atomic mass is 9.65. The number of anilines is 1. The zero-order valence-electron chi connectivity index (χ0n) is 36.7. The van der Waals surface area contributed by atoms with Gasteiger partial charge in [0.2, 0.25) is 5.91 Å². The summed E-state index contributed by atoms with van der Waals surface area (Å²) in [6.45, 7) is 2.98. The Hall–Kier alpha value is -7.87. The van der Waals surface area contributed by atoms with E-state index in [0.29, 0.717) is 27.8 Å². The topological polar surface area (TPSA) is 203 Å². The predicted molar refractivity (Wildman–Crippen MR) is 242 cm³/mol. The highest BCUT2D eigenvalue weighted by Crippen LogP contribution is 2.66. The Morgan fingerprint density at radius 3 is 2.27 bits per heavy atom. The largest absolute Gasteiger partial charge is 0.491 e. The van der Waals surface area contributed by atoms with Crippen LogP contribution in [0.2, 0.25) is 0 Å². The number of aliphatic hydroxyl groups excluding tert-OH is 1. The average molecular weight is 903 g/mol. The Labute approximate surface area is 385 Å².